The lowest BCUT2D eigenvalue weighted by molar-refractivity contribution is -0.117. The van der Waals surface area contributed by atoms with Gasteiger partial charge in [0.2, 0.25) is 5.88 Å². The number of pyridine rings is 1. The Bertz CT molecular complexity index is 886. The third kappa shape index (κ3) is 4.70. The van der Waals surface area contributed by atoms with Crippen LogP contribution in [0, 0.1) is 0 Å². The first-order valence-electron chi connectivity index (χ1n) is 10.2. The molecule has 1 aromatic heterocycles. The summed E-state index contributed by atoms with van der Waals surface area (Å²) in [6.07, 6.45) is 8.56. The monoisotopic (exact) mass is 394 g/mol. The van der Waals surface area contributed by atoms with E-state index in [-0.39, 0.29) is 18.6 Å². The Morgan fingerprint density at radius 2 is 2.10 bits per heavy atom. The number of hydrogen-bond donors (Lipinski definition) is 1. The van der Waals surface area contributed by atoms with E-state index in [0.29, 0.717) is 36.1 Å². The number of ether oxygens (including phenoxy) is 3. The lowest BCUT2D eigenvalue weighted by Gasteiger charge is -2.20. The minimum atomic E-state index is -0.149. The number of nitrogens with one attached hydrogen (secondary N) is 1. The lowest BCUT2D eigenvalue weighted by Crippen LogP contribution is -2.28. The number of hydrogen-bond acceptors (Lipinski definition) is 5. The van der Waals surface area contributed by atoms with Crippen LogP contribution >= 0.6 is 0 Å². The van der Waals surface area contributed by atoms with E-state index in [9.17, 15) is 4.79 Å². The average molecular weight is 394 g/mol. The summed E-state index contributed by atoms with van der Waals surface area (Å²) in [5.41, 5.74) is 2.36. The summed E-state index contributed by atoms with van der Waals surface area (Å²) in [6, 6.07) is 9.48. The number of para-hydroxylation sites is 1. The Morgan fingerprint density at radius 1 is 1.24 bits per heavy atom. The van der Waals surface area contributed by atoms with Gasteiger partial charge < -0.3 is 19.5 Å². The second kappa shape index (κ2) is 8.99. The molecule has 2 aromatic rings. The topological polar surface area (TPSA) is 69.7 Å². The normalized spacial score (nSPS) is 15.8. The highest BCUT2D eigenvalue weighted by Gasteiger charge is 2.20. The van der Waals surface area contributed by atoms with E-state index in [4.69, 9.17) is 14.2 Å². The van der Waals surface area contributed by atoms with Gasteiger partial charge in [-0.1, -0.05) is 18.2 Å². The SMILES string of the molecule is CCOc1cccc2c1OCC(C(=O)NCc1ccc(OC3CCCC3)nc1)=C2. The largest absolute Gasteiger partial charge is 0.490 e. The van der Waals surface area contributed by atoms with Crippen LogP contribution < -0.4 is 19.5 Å². The molecule has 2 aliphatic rings. The molecule has 0 bridgehead atoms. The van der Waals surface area contributed by atoms with Gasteiger partial charge in [-0.05, 0) is 50.3 Å². The van der Waals surface area contributed by atoms with Crippen LogP contribution in [0.4, 0.5) is 0 Å². The van der Waals surface area contributed by atoms with Gasteiger partial charge in [0.05, 0.1) is 12.2 Å². The fourth-order valence-corrected chi connectivity index (χ4v) is 3.64. The van der Waals surface area contributed by atoms with Crippen molar-refractivity contribution < 1.29 is 19.0 Å². The highest BCUT2D eigenvalue weighted by molar-refractivity contribution is 5.99. The number of amides is 1. The van der Waals surface area contributed by atoms with Gasteiger partial charge in [0.1, 0.15) is 12.7 Å². The Balaban J connectivity index is 1.34. The van der Waals surface area contributed by atoms with E-state index in [1.54, 1.807) is 6.20 Å². The van der Waals surface area contributed by atoms with Crippen LogP contribution in [0.2, 0.25) is 0 Å². The summed E-state index contributed by atoms with van der Waals surface area (Å²) < 4.78 is 17.3. The molecule has 0 saturated heterocycles. The van der Waals surface area contributed by atoms with E-state index in [0.717, 1.165) is 24.0 Å². The first kappa shape index (κ1) is 19.3. The van der Waals surface area contributed by atoms with Gasteiger partial charge in [0.15, 0.2) is 11.5 Å². The number of nitrogens with zero attached hydrogens (tertiary/aromatic N) is 1. The average Bonchev–Trinajstić information content (AvgIpc) is 3.26. The van der Waals surface area contributed by atoms with Crippen molar-refractivity contribution in [1.82, 2.24) is 10.3 Å². The van der Waals surface area contributed by atoms with Crippen molar-refractivity contribution in [3.8, 4) is 17.4 Å². The molecule has 152 valence electrons. The van der Waals surface area contributed by atoms with Crippen molar-refractivity contribution >= 4 is 12.0 Å². The fourth-order valence-electron chi connectivity index (χ4n) is 3.64. The van der Waals surface area contributed by atoms with Crippen molar-refractivity contribution in [2.45, 2.75) is 45.3 Å². The summed E-state index contributed by atoms with van der Waals surface area (Å²) in [6.45, 7) is 3.11. The van der Waals surface area contributed by atoms with Crippen molar-refractivity contribution in [2.75, 3.05) is 13.2 Å². The standard InChI is InChI=1S/C23H26N2O4/c1-2-27-20-9-5-6-17-12-18(15-28-22(17)20)23(26)25-14-16-10-11-21(24-13-16)29-19-7-3-4-8-19/h5-6,9-13,19H,2-4,7-8,14-15H2,1H3,(H,25,26). The number of fused-ring (bicyclic) bond motifs is 1. The molecule has 1 aliphatic carbocycles. The summed E-state index contributed by atoms with van der Waals surface area (Å²) >= 11 is 0. The second-order valence-corrected chi connectivity index (χ2v) is 7.28. The smallest absolute Gasteiger partial charge is 0.250 e. The molecular weight excluding hydrogens is 368 g/mol. The molecule has 6 heteroatoms. The number of rotatable bonds is 7. The molecule has 1 aromatic carbocycles. The molecule has 29 heavy (non-hydrogen) atoms. The number of carbonyl (C=O) groups is 1. The van der Waals surface area contributed by atoms with Gasteiger partial charge in [-0.3, -0.25) is 4.79 Å². The zero-order chi connectivity index (χ0) is 20.1. The number of benzene rings is 1. The number of aromatic nitrogens is 1. The first-order chi connectivity index (χ1) is 14.2. The molecule has 2 heterocycles. The quantitative estimate of drug-likeness (QED) is 0.771. The number of carbonyl (C=O) groups excluding carboxylic acids is 1. The third-order valence-electron chi connectivity index (χ3n) is 5.14. The molecule has 0 radical (unpaired) electrons. The highest BCUT2D eigenvalue weighted by atomic mass is 16.5. The van der Waals surface area contributed by atoms with Gasteiger partial charge in [-0.2, -0.15) is 0 Å². The van der Waals surface area contributed by atoms with E-state index in [1.165, 1.54) is 12.8 Å². The molecule has 1 aliphatic heterocycles. The Kier molecular flexibility index (Phi) is 5.98. The fraction of sp³-hybridized carbons (Fsp3) is 0.391. The zero-order valence-electron chi connectivity index (χ0n) is 16.6. The highest BCUT2D eigenvalue weighted by Crippen LogP contribution is 2.35. The van der Waals surface area contributed by atoms with E-state index < -0.39 is 0 Å². The summed E-state index contributed by atoms with van der Waals surface area (Å²) in [5.74, 6) is 1.89. The van der Waals surface area contributed by atoms with Crippen LogP contribution in [0.1, 0.15) is 43.7 Å². The van der Waals surface area contributed by atoms with Gasteiger partial charge in [-0.25, -0.2) is 4.98 Å². The molecule has 1 saturated carbocycles. The van der Waals surface area contributed by atoms with Gasteiger partial charge in [0.25, 0.3) is 5.91 Å². The maximum absolute atomic E-state index is 12.6. The summed E-state index contributed by atoms with van der Waals surface area (Å²) in [5, 5.41) is 2.93. The Labute approximate surface area is 170 Å². The maximum atomic E-state index is 12.6. The minimum Gasteiger partial charge on any atom is -0.490 e. The molecule has 4 rings (SSSR count). The maximum Gasteiger partial charge on any atom is 0.250 e. The van der Waals surface area contributed by atoms with E-state index in [1.807, 2.05) is 43.3 Å². The first-order valence-corrected chi connectivity index (χ1v) is 10.2. The third-order valence-corrected chi connectivity index (χ3v) is 5.14. The molecular formula is C23H26N2O4. The van der Waals surface area contributed by atoms with Gasteiger partial charge in [-0.15, -0.1) is 0 Å². The molecule has 1 fully saturated rings. The van der Waals surface area contributed by atoms with Crippen LogP contribution in [0.15, 0.2) is 42.1 Å². The summed E-state index contributed by atoms with van der Waals surface area (Å²) in [4.78, 5) is 16.9. The van der Waals surface area contributed by atoms with Crippen molar-refractivity contribution in [3.63, 3.8) is 0 Å². The summed E-state index contributed by atoms with van der Waals surface area (Å²) in [7, 11) is 0. The van der Waals surface area contributed by atoms with Crippen molar-refractivity contribution in [3.05, 3.63) is 53.2 Å². The van der Waals surface area contributed by atoms with Crippen LogP contribution in [0.5, 0.6) is 17.4 Å². The van der Waals surface area contributed by atoms with Crippen LogP contribution in [-0.2, 0) is 11.3 Å². The molecule has 1 amide bonds. The van der Waals surface area contributed by atoms with Gasteiger partial charge in [0, 0.05) is 24.4 Å². The Morgan fingerprint density at radius 3 is 2.86 bits per heavy atom. The van der Waals surface area contributed by atoms with Crippen molar-refractivity contribution in [1.29, 1.82) is 0 Å². The van der Waals surface area contributed by atoms with Crippen LogP contribution in [-0.4, -0.2) is 30.2 Å². The minimum absolute atomic E-state index is 0.149. The molecule has 1 N–H and O–H groups in total. The predicted octanol–water partition coefficient (Wildman–Crippen LogP) is 3.89. The predicted molar refractivity (Wildman–Crippen MR) is 110 cm³/mol. The van der Waals surface area contributed by atoms with Crippen LogP contribution in [0.3, 0.4) is 0 Å². The lowest BCUT2D eigenvalue weighted by atomic mass is 10.1. The zero-order valence-corrected chi connectivity index (χ0v) is 16.6. The van der Waals surface area contributed by atoms with E-state index >= 15 is 0 Å². The molecule has 0 unspecified atom stereocenters. The molecule has 6 nitrogen and oxygen atoms in total. The Hall–Kier alpha value is -3.02. The van der Waals surface area contributed by atoms with Crippen molar-refractivity contribution in [2.24, 2.45) is 0 Å². The van der Waals surface area contributed by atoms with Crippen LogP contribution in [0.25, 0.3) is 6.08 Å². The van der Waals surface area contributed by atoms with E-state index in [2.05, 4.69) is 10.3 Å². The molecule has 0 atom stereocenters. The van der Waals surface area contributed by atoms with Gasteiger partial charge >= 0.3 is 0 Å². The molecule has 0 spiro atoms. The second-order valence-electron chi connectivity index (χ2n) is 7.28.